The number of thioether (sulfide) groups is 1. The molecule has 0 amide bonds. The van der Waals surface area contributed by atoms with Crippen molar-refractivity contribution in [3.8, 4) is 0 Å². The molecule has 1 aromatic heterocycles. The molecule has 0 aliphatic heterocycles. The van der Waals surface area contributed by atoms with E-state index >= 15 is 0 Å². The van der Waals surface area contributed by atoms with Gasteiger partial charge in [-0.1, -0.05) is 0 Å². The first-order valence-electron chi connectivity index (χ1n) is 2.96. The molecule has 13 heavy (non-hydrogen) atoms. The van der Waals surface area contributed by atoms with E-state index in [0.717, 1.165) is 4.68 Å². The summed E-state index contributed by atoms with van der Waals surface area (Å²) in [4.78, 5) is 10.0. The average molecular weight is 210 g/mol. The van der Waals surface area contributed by atoms with E-state index in [-0.39, 0.29) is 16.9 Å². The quantitative estimate of drug-likeness (QED) is 0.706. The third-order valence-electron chi connectivity index (χ3n) is 1.05. The van der Waals surface area contributed by atoms with Crippen LogP contribution in [0, 0.1) is 0 Å². The Bertz CT molecular complexity index is 328. The van der Waals surface area contributed by atoms with Crippen molar-refractivity contribution in [2.75, 3.05) is 0 Å². The van der Waals surface area contributed by atoms with E-state index in [9.17, 15) is 13.6 Å². The van der Waals surface area contributed by atoms with Gasteiger partial charge in [0.1, 0.15) is 0 Å². The number of carboxylic acids is 1. The highest BCUT2D eigenvalue weighted by atomic mass is 32.2. The van der Waals surface area contributed by atoms with Crippen LogP contribution in [0.3, 0.4) is 0 Å². The highest BCUT2D eigenvalue weighted by Gasteiger charge is 2.42. The minimum atomic E-state index is -3.91. The van der Waals surface area contributed by atoms with E-state index in [1.165, 1.54) is 7.05 Å². The van der Waals surface area contributed by atoms with E-state index in [2.05, 4.69) is 15.5 Å². The summed E-state index contributed by atoms with van der Waals surface area (Å²) in [5.41, 5.74) is 0. The van der Waals surface area contributed by atoms with Crippen molar-refractivity contribution in [2.24, 2.45) is 7.05 Å². The lowest BCUT2D eigenvalue weighted by molar-refractivity contribution is -0.152. The number of hydrogen-bond donors (Lipinski definition) is 1. The first-order chi connectivity index (χ1) is 5.93. The van der Waals surface area contributed by atoms with Gasteiger partial charge in [0.25, 0.3) is 0 Å². The predicted octanol–water partition coefficient (Wildman–Crippen LogP) is -0.0204. The largest absolute Gasteiger partial charge is 0.476 e. The van der Waals surface area contributed by atoms with Gasteiger partial charge < -0.3 is 5.11 Å². The van der Waals surface area contributed by atoms with Crippen molar-refractivity contribution in [2.45, 2.75) is 10.4 Å². The van der Waals surface area contributed by atoms with Gasteiger partial charge in [0.15, 0.2) is 0 Å². The van der Waals surface area contributed by atoms with E-state index < -0.39 is 11.2 Å². The fourth-order valence-corrected chi connectivity index (χ4v) is 1.03. The van der Waals surface area contributed by atoms with Crippen molar-refractivity contribution in [1.29, 1.82) is 0 Å². The van der Waals surface area contributed by atoms with Gasteiger partial charge >= 0.3 is 11.2 Å². The first kappa shape index (κ1) is 9.84. The zero-order chi connectivity index (χ0) is 10.1. The second kappa shape index (κ2) is 3.24. The number of halogens is 2. The fraction of sp³-hybridized carbons (Fsp3) is 0.500. The van der Waals surface area contributed by atoms with Crippen LogP contribution in [0.25, 0.3) is 0 Å². The van der Waals surface area contributed by atoms with Crippen LogP contribution in [-0.2, 0) is 11.8 Å². The number of nitrogens with zero attached hydrogens (tertiary/aromatic N) is 4. The highest BCUT2D eigenvalue weighted by molar-refractivity contribution is 8.00. The molecule has 0 radical (unpaired) electrons. The molecule has 0 bridgehead atoms. The lowest BCUT2D eigenvalue weighted by atomic mass is 10.7. The number of aliphatic carboxylic acids is 1. The Labute approximate surface area is 74.9 Å². The number of carbonyl (C=O) groups is 1. The summed E-state index contributed by atoms with van der Waals surface area (Å²) >= 11 is -0.219. The van der Waals surface area contributed by atoms with Gasteiger partial charge in [-0.25, -0.2) is 9.48 Å². The molecule has 0 saturated heterocycles. The third-order valence-corrected chi connectivity index (χ3v) is 2.01. The lowest BCUT2D eigenvalue weighted by Gasteiger charge is -2.07. The molecular formula is C4H4F2N4O2S. The Kier molecular flexibility index (Phi) is 2.45. The molecule has 1 aromatic rings. The smallest absolute Gasteiger partial charge is 0.395 e. The van der Waals surface area contributed by atoms with Gasteiger partial charge in [0, 0.05) is 18.8 Å². The van der Waals surface area contributed by atoms with Gasteiger partial charge in [0.05, 0.1) is 0 Å². The molecule has 0 fully saturated rings. The second-order valence-corrected chi connectivity index (χ2v) is 3.09. The minimum Gasteiger partial charge on any atom is -0.476 e. The van der Waals surface area contributed by atoms with Crippen LogP contribution in [0.15, 0.2) is 5.16 Å². The summed E-state index contributed by atoms with van der Waals surface area (Å²) in [7, 11) is 1.33. The van der Waals surface area contributed by atoms with Crippen LogP contribution >= 0.6 is 11.8 Å². The molecular weight excluding hydrogens is 206 g/mol. The number of aromatic nitrogens is 4. The van der Waals surface area contributed by atoms with Gasteiger partial charge in [-0.15, -0.1) is 5.10 Å². The van der Waals surface area contributed by atoms with Gasteiger partial charge in [0.2, 0.25) is 5.16 Å². The Hall–Kier alpha value is -1.25. The highest BCUT2D eigenvalue weighted by Crippen LogP contribution is 2.33. The van der Waals surface area contributed by atoms with Crippen LogP contribution in [0.2, 0.25) is 0 Å². The number of rotatable bonds is 3. The maximum Gasteiger partial charge on any atom is 0.395 e. The van der Waals surface area contributed by atoms with Crippen LogP contribution in [-0.4, -0.2) is 36.5 Å². The second-order valence-electron chi connectivity index (χ2n) is 2.01. The molecule has 0 aliphatic rings. The average Bonchev–Trinajstić information content (AvgIpc) is 2.35. The van der Waals surface area contributed by atoms with E-state index in [1.54, 1.807) is 0 Å². The fourth-order valence-electron chi connectivity index (χ4n) is 0.466. The zero-order valence-corrected chi connectivity index (χ0v) is 7.12. The minimum absolute atomic E-state index is 0.219. The van der Waals surface area contributed by atoms with E-state index in [1.807, 2.05) is 0 Å². The van der Waals surface area contributed by atoms with Crippen LogP contribution < -0.4 is 0 Å². The maximum absolute atomic E-state index is 12.5. The van der Waals surface area contributed by atoms with Crippen LogP contribution in [0.1, 0.15) is 0 Å². The maximum atomic E-state index is 12.5. The van der Waals surface area contributed by atoms with Gasteiger partial charge in [-0.3, -0.25) is 0 Å². The number of carboxylic acid groups (broad SMARTS) is 1. The Balaban J connectivity index is 2.80. The molecule has 9 heteroatoms. The SMILES string of the molecule is Cn1nnnc1SC(F)(F)C(=O)O. The molecule has 0 atom stereocenters. The molecule has 6 nitrogen and oxygen atoms in total. The summed E-state index contributed by atoms with van der Waals surface area (Å²) in [6.07, 6.45) is 0. The molecule has 0 spiro atoms. The predicted molar refractivity (Wildman–Crippen MR) is 37.2 cm³/mol. The molecule has 1 rings (SSSR count). The number of tetrazole rings is 1. The van der Waals surface area contributed by atoms with Crippen molar-refractivity contribution in [1.82, 2.24) is 20.2 Å². The summed E-state index contributed by atoms with van der Waals surface area (Å²) in [6, 6.07) is 0. The molecule has 72 valence electrons. The summed E-state index contributed by atoms with van der Waals surface area (Å²) in [5, 5.41) is 13.5. The summed E-state index contributed by atoms with van der Waals surface area (Å²) in [6.45, 7) is 0. The third kappa shape index (κ3) is 2.11. The van der Waals surface area contributed by atoms with Gasteiger partial charge in [-0.05, 0) is 10.4 Å². The number of hydrogen-bond acceptors (Lipinski definition) is 5. The Morgan fingerprint density at radius 1 is 1.69 bits per heavy atom. The number of alkyl halides is 2. The van der Waals surface area contributed by atoms with Crippen molar-refractivity contribution in [3.05, 3.63) is 0 Å². The lowest BCUT2D eigenvalue weighted by Crippen LogP contribution is -2.24. The summed E-state index contributed by atoms with van der Waals surface area (Å²) < 4.78 is 26.0. The van der Waals surface area contributed by atoms with Crippen LogP contribution in [0.4, 0.5) is 8.78 Å². The van der Waals surface area contributed by atoms with Crippen molar-refractivity contribution < 1.29 is 18.7 Å². The molecule has 0 aromatic carbocycles. The van der Waals surface area contributed by atoms with Crippen molar-refractivity contribution >= 4 is 17.7 Å². The number of aryl methyl sites for hydroxylation is 1. The Morgan fingerprint density at radius 2 is 2.31 bits per heavy atom. The van der Waals surface area contributed by atoms with Gasteiger partial charge in [-0.2, -0.15) is 8.78 Å². The van der Waals surface area contributed by atoms with Crippen LogP contribution in [0.5, 0.6) is 0 Å². The Morgan fingerprint density at radius 3 is 2.69 bits per heavy atom. The normalized spacial score (nSPS) is 11.6. The molecule has 0 aliphatic carbocycles. The molecule has 1 heterocycles. The van der Waals surface area contributed by atoms with E-state index in [4.69, 9.17) is 5.11 Å². The molecule has 1 N–H and O–H groups in total. The first-order valence-corrected chi connectivity index (χ1v) is 3.77. The topological polar surface area (TPSA) is 80.9 Å². The standard InChI is InChI=1S/C4H4F2N4O2S/c1-10-3(7-8-9-10)13-4(5,6)2(11)12/h1H3,(H,11,12). The zero-order valence-electron chi connectivity index (χ0n) is 6.31. The summed E-state index contributed by atoms with van der Waals surface area (Å²) in [5.74, 6) is -2.22. The molecule has 0 unspecified atom stereocenters. The monoisotopic (exact) mass is 210 g/mol. The van der Waals surface area contributed by atoms with E-state index in [0.29, 0.717) is 0 Å². The van der Waals surface area contributed by atoms with Crippen molar-refractivity contribution in [3.63, 3.8) is 0 Å². The molecule has 0 saturated carbocycles.